The van der Waals surface area contributed by atoms with Crippen LogP contribution in [0.2, 0.25) is 0 Å². The van der Waals surface area contributed by atoms with E-state index >= 15 is 0 Å². The highest BCUT2D eigenvalue weighted by Crippen LogP contribution is 2.37. The molecule has 198 valence electrons. The molecule has 0 aromatic heterocycles. The fourth-order valence-corrected chi connectivity index (χ4v) is 5.10. The van der Waals surface area contributed by atoms with Crippen LogP contribution in [0.1, 0.15) is 50.2 Å². The number of benzene rings is 2. The Kier molecular flexibility index (Phi) is 9.36. The Balaban J connectivity index is 1.60. The first-order valence-corrected chi connectivity index (χ1v) is 13.4. The minimum atomic E-state index is -0.625. The summed E-state index contributed by atoms with van der Waals surface area (Å²) in [6.07, 6.45) is 2.76. The van der Waals surface area contributed by atoms with Crippen molar-refractivity contribution in [2.75, 3.05) is 46.0 Å². The molecule has 7 nitrogen and oxygen atoms in total. The molecule has 2 aromatic carbocycles. The van der Waals surface area contributed by atoms with Crippen LogP contribution in [0.4, 0.5) is 0 Å². The molecule has 37 heavy (non-hydrogen) atoms. The van der Waals surface area contributed by atoms with Gasteiger partial charge in [0.2, 0.25) is 0 Å². The fraction of sp³-hybridized carbons (Fsp3) is 0.467. The number of nitrogens with zero attached hydrogens (tertiary/aromatic N) is 2. The molecule has 2 fully saturated rings. The summed E-state index contributed by atoms with van der Waals surface area (Å²) in [5.74, 6) is -0.769. The van der Waals surface area contributed by atoms with Gasteiger partial charge in [-0.2, -0.15) is 0 Å². The van der Waals surface area contributed by atoms with Crippen LogP contribution < -0.4 is 4.74 Å². The number of rotatable bonds is 11. The number of carbonyl (C=O) groups is 2. The number of morpholine rings is 1. The number of ketones is 1. The molecule has 2 heterocycles. The molecule has 2 unspecified atom stereocenters. The quantitative estimate of drug-likeness (QED) is 0.210. The standard InChI is InChI=1S/C30H38N2O5/c1-3-4-19-37-25-13-11-24(12-14-25)28(33)26-27(22(2)23-9-6-5-7-10-23)32(30(35)29(26)34)16-8-15-31-17-20-36-21-18-31/h5-7,9-14,22,27,33H,3-4,8,15-21H2,1-2H3/b28-26+. The molecule has 0 spiro atoms. The summed E-state index contributed by atoms with van der Waals surface area (Å²) in [6, 6.07) is 16.4. The van der Waals surface area contributed by atoms with Gasteiger partial charge < -0.3 is 19.5 Å². The van der Waals surface area contributed by atoms with E-state index in [1.165, 1.54) is 0 Å². The van der Waals surface area contributed by atoms with Crippen molar-refractivity contribution in [1.82, 2.24) is 9.80 Å². The van der Waals surface area contributed by atoms with Crippen LogP contribution in [-0.4, -0.2) is 78.6 Å². The molecule has 0 saturated carbocycles. The predicted octanol–water partition coefficient (Wildman–Crippen LogP) is 4.44. The number of aliphatic hydroxyl groups is 1. The maximum absolute atomic E-state index is 13.3. The molecule has 7 heteroatoms. The zero-order chi connectivity index (χ0) is 26.2. The molecule has 2 aliphatic rings. The van der Waals surface area contributed by atoms with Gasteiger partial charge in [0.15, 0.2) is 0 Å². The largest absolute Gasteiger partial charge is 0.507 e. The number of carbonyl (C=O) groups excluding carboxylic acids is 2. The van der Waals surface area contributed by atoms with Crippen molar-refractivity contribution in [2.45, 2.75) is 45.1 Å². The minimum absolute atomic E-state index is 0.137. The van der Waals surface area contributed by atoms with Crippen molar-refractivity contribution in [1.29, 1.82) is 0 Å². The Hall–Kier alpha value is -3.16. The van der Waals surface area contributed by atoms with Gasteiger partial charge in [-0.1, -0.05) is 50.6 Å². The van der Waals surface area contributed by atoms with Gasteiger partial charge in [-0.3, -0.25) is 14.5 Å². The van der Waals surface area contributed by atoms with E-state index in [0.29, 0.717) is 24.5 Å². The summed E-state index contributed by atoms with van der Waals surface area (Å²) in [6.45, 7) is 9.22. The maximum atomic E-state index is 13.3. The Morgan fingerprint density at radius 2 is 1.73 bits per heavy atom. The highest BCUT2D eigenvalue weighted by molar-refractivity contribution is 6.46. The van der Waals surface area contributed by atoms with Crippen molar-refractivity contribution >= 4 is 17.4 Å². The van der Waals surface area contributed by atoms with Crippen LogP contribution >= 0.6 is 0 Å². The Morgan fingerprint density at radius 1 is 1.03 bits per heavy atom. The smallest absolute Gasteiger partial charge is 0.295 e. The third-order valence-corrected chi connectivity index (χ3v) is 7.26. The summed E-state index contributed by atoms with van der Waals surface area (Å²) in [5.41, 5.74) is 1.69. The average Bonchev–Trinajstić information content (AvgIpc) is 3.19. The van der Waals surface area contributed by atoms with E-state index in [2.05, 4.69) is 11.8 Å². The van der Waals surface area contributed by atoms with Crippen molar-refractivity contribution < 1.29 is 24.2 Å². The van der Waals surface area contributed by atoms with Gasteiger partial charge in [-0.25, -0.2) is 0 Å². The molecular formula is C30H38N2O5. The normalized spacial score (nSPS) is 20.8. The van der Waals surface area contributed by atoms with Crippen molar-refractivity contribution in [3.8, 4) is 5.75 Å². The van der Waals surface area contributed by atoms with E-state index in [4.69, 9.17) is 9.47 Å². The number of amides is 1. The Bertz CT molecular complexity index is 1080. The lowest BCUT2D eigenvalue weighted by Crippen LogP contribution is -2.41. The second-order valence-corrected chi connectivity index (χ2v) is 9.77. The van der Waals surface area contributed by atoms with Crippen molar-refractivity contribution in [2.24, 2.45) is 0 Å². The molecule has 2 aromatic rings. The van der Waals surface area contributed by atoms with E-state index in [1.807, 2.05) is 37.3 Å². The van der Waals surface area contributed by atoms with Gasteiger partial charge in [-0.05, 0) is 42.7 Å². The van der Waals surface area contributed by atoms with Crippen LogP contribution in [0.25, 0.3) is 5.76 Å². The van der Waals surface area contributed by atoms with Gasteiger partial charge in [0, 0.05) is 37.7 Å². The number of likely N-dealkylation sites (tertiary alicyclic amines) is 1. The predicted molar refractivity (Wildman–Crippen MR) is 144 cm³/mol. The van der Waals surface area contributed by atoms with Gasteiger partial charge in [0.25, 0.3) is 11.7 Å². The van der Waals surface area contributed by atoms with E-state index in [1.54, 1.807) is 29.2 Å². The van der Waals surface area contributed by atoms with Gasteiger partial charge in [0.1, 0.15) is 11.5 Å². The highest BCUT2D eigenvalue weighted by atomic mass is 16.5. The molecule has 1 amide bonds. The Labute approximate surface area is 219 Å². The maximum Gasteiger partial charge on any atom is 0.295 e. The van der Waals surface area contributed by atoms with Crippen LogP contribution in [-0.2, 0) is 14.3 Å². The molecule has 2 aliphatic heterocycles. The monoisotopic (exact) mass is 506 g/mol. The molecule has 0 bridgehead atoms. The van der Waals surface area contributed by atoms with E-state index in [9.17, 15) is 14.7 Å². The first-order chi connectivity index (χ1) is 18.0. The number of hydrogen-bond acceptors (Lipinski definition) is 6. The van der Waals surface area contributed by atoms with Crippen LogP contribution in [0.5, 0.6) is 5.75 Å². The molecular weight excluding hydrogens is 468 g/mol. The first-order valence-electron chi connectivity index (χ1n) is 13.4. The molecule has 2 saturated heterocycles. The van der Waals surface area contributed by atoms with Crippen molar-refractivity contribution in [3.63, 3.8) is 0 Å². The second-order valence-electron chi connectivity index (χ2n) is 9.77. The van der Waals surface area contributed by atoms with Crippen molar-refractivity contribution in [3.05, 3.63) is 71.3 Å². The summed E-state index contributed by atoms with van der Waals surface area (Å²) in [4.78, 5) is 30.6. The number of unbranched alkanes of at least 4 members (excludes halogenated alkanes) is 1. The Morgan fingerprint density at radius 3 is 2.41 bits per heavy atom. The zero-order valence-electron chi connectivity index (χ0n) is 21.9. The fourth-order valence-electron chi connectivity index (χ4n) is 5.10. The van der Waals surface area contributed by atoms with Crippen LogP contribution in [0, 0.1) is 0 Å². The second kappa shape index (κ2) is 12.9. The SMILES string of the molecule is CCCCOc1ccc(/C(O)=C2\C(=O)C(=O)N(CCCN3CCOCC3)C2C(C)c2ccccc2)cc1. The number of aliphatic hydroxyl groups excluding tert-OH is 1. The van der Waals surface area contributed by atoms with E-state index in [-0.39, 0.29) is 17.3 Å². The number of Topliss-reactive ketones (excluding diaryl/α,β-unsaturated/α-hetero) is 1. The van der Waals surface area contributed by atoms with Gasteiger partial charge in [-0.15, -0.1) is 0 Å². The van der Waals surface area contributed by atoms with Gasteiger partial charge in [0.05, 0.1) is 31.4 Å². The first kappa shape index (κ1) is 26.9. The summed E-state index contributed by atoms with van der Waals surface area (Å²) >= 11 is 0. The third-order valence-electron chi connectivity index (χ3n) is 7.26. The van der Waals surface area contributed by atoms with Gasteiger partial charge >= 0.3 is 0 Å². The van der Waals surface area contributed by atoms with Crippen LogP contribution in [0.15, 0.2) is 60.2 Å². The molecule has 2 atom stereocenters. The lowest BCUT2D eigenvalue weighted by atomic mass is 9.87. The summed E-state index contributed by atoms with van der Waals surface area (Å²) in [5, 5.41) is 11.3. The lowest BCUT2D eigenvalue weighted by molar-refractivity contribution is -0.140. The third kappa shape index (κ3) is 6.40. The molecule has 0 aliphatic carbocycles. The molecule has 0 radical (unpaired) electrons. The highest BCUT2D eigenvalue weighted by Gasteiger charge is 2.47. The molecule has 4 rings (SSSR count). The zero-order valence-corrected chi connectivity index (χ0v) is 21.9. The lowest BCUT2D eigenvalue weighted by Gasteiger charge is -2.32. The number of hydrogen-bond donors (Lipinski definition) is 1. The van der Waals surface area contributed by atoms with E-state index in [0.717, 1.165) is 57.7 Å². The summed E-state index contributed by atoms with van der Waals surface area (Å²) in [7, 11) is 0. The average molecular weight is 507 g/mol. The topological polar surface area (TPSA) is 79.3 Å². The minimum Gasteiger partial charge on any atom is -0.507 e. The van der Waals surface area contributed by atoms with E-state index < -0.39 is 17.7 Å². The number of ether oxygens (including phenoxy) is 2. The molecule has 1 N–H and O–H groups in total. The summed E-state index contributed by atoms with van der Waals surface area (Å²) < 4.78 is 11.2. The van der Waals surface area contributed by atoms with Crippen LogP contribution in [0.3, 0.4) is 0 Å².